The number of phosphoric ester groups is 1. The molecule has 3 unspecified atom stereocenters. The Hall–Kier alpha value is -0.800. The van der Waals surface area contributed by atoms with Gasteiger partial charge in [0.2, 0.25) is 0 Å². The molecule has 0 aromatic carbocycles. The van der Waals surface area contributed by atoms with E-state index in [1.54, 1.807) is 0 Å². The Morgan fingerprint density at radius 2 is 0.823 bits per heavy atom. The van der Waals surface area contributed by atoms with Crippen LogP contribution in [0.15, 0.2) is 12.2 Å². The summed E-state index contributed by atoms with van der Waals surface area (Å²) in [6.45, 7) is 3.58. The zero-order valence-electron chi connectivity index (χ0n) is 40.9. The van der Waals surface area contributed by atoms with Crippen molar-refractivity contribution in [2.75, 3.05) is 33.0 Å². The molecule has 0 fully saturated rings. The van der Waals surface area contributed by atoms with Crippen LogP contribution in [0.3, 0.4) is 0 Å². The second kappa shape index (κ2) is 49.6. The van der Waals surface area contributed by atoms with Gasteiger partial charge in [-0.05, 0) is 38.5 Å². The Morgan fingerprint density at radius 3 is 1.21 bits per heavy atom. The SMILES string of the molecule is CCCCCCCCC/C=C\CCCCCCCCCC(=O)OC(COCCCCCCCCCCCCCCCCCCCCCCCCC)COP(=O)(O)OCC(O)CO. The Morgan fingerprint density at radius 1 is 0.484 bits per heavy atom. The number of carbonyl (C=O) groups excluding carboxylic acids is 1. The number of unbranched alkanes of at least 4 members (excludes halogenated alkanes) is 36. The van der Waals surface area contributed by atoms with E-state index in [1.165, 1.54) is 212 Å². The van der Waals surface area contributed by atoms with E-state index in [9.17, 15) is 19.4 Å². The van der Waals surface area contributed by atoms with Crippen LogP contribution in [0.4, 0.5) is 0 Å². The first-order chi connectivity index (χ1) is 30.3. The van der Waals surface area contributed by atoms with Crippen LogP contribution in [0.5, 0.6) is 0 Å². The quantitative estimate of drug-likeness (QED) is 0.0236. The van der Waals surface area contributed by atoms with Crippen molar-refractivity contribution >= 4 is 13.8 Å². The van der Waals surface area contributed by atoms with Crippen LogP contribution in [0, 0.1) is 0 Å². The van der Waals surface area contributed by atoms with Crippen LogP contribution in [0.25, 0.3) is 0 Å². The molecule has 0 radical (unpaired) electrons. The Labute approximate surface area is 383 Å². The van der Waals surface area contributed by atoms with E-state index in [4.69, 9.17) is 23.6 Å². The third kappa shape index (κ3) is 48.7. The summed E-state index contributed by atoms with van der Waals surface area (Å²) < 4.78 is 33.6. The molecule has 0 bridgehead atoms. The van der Waals surface area contributed by atoms with Gasteiger partial charge >= 0.3 is 13.8 Å². The van der Waals surface area contributed by atoms with Gasteiger partial charge in [0, 0.05) is 13.0 Å². The van der Waals surface area contributed by atoms with Crippen molar-refractivity contribution in [1.82, 2.24) is 0 Å². The van der Waals surface area contributed by atoms with Gasteiger partial charge in [-0.15, -0.1) is 0 Å². The smallest absolute Gasteiger partial charge is 0.457 e. The van der Waals surface area contributed by atoms with Gasteiger partial charge < -0.3 is 24.6 Å². The molecule has 0 aliphatic heterocycles. The minimum atomic E-state index is -4.52. The van der Waals surface area contributed by atoms with Crippen molar-refractivity contribution in [3.63, 3.8) is 0 Å². The van der Waals surface area contributed by atoms with Crippen LogP contribution in [-0.2, 0) is 27.9 Å². The monoisotopic (exact) mass is 903 g/mol. The number of hydrogen-bond acceptors (Lipinski definition) is 8. The summed E-state index contributed by atoms with van der Waals surface area (Å²) in [5.41, 5.74) is 0. The van der Waals surface area contributed by atoms with Crippen LogP contribution in [0.2, 0.25) is 0 Å². The lowest BCUT2D eigenvalue weighted by Gasteiger charge is -2.20. The van der Waals surface area contributed by atoms with E-state index in [0.29, 0.717) is 6.61 Å². The first kappa shape index (κ1) is 61.2. The van der Waals surface area contributed by atoms with Crippen molar-refractivity contribution in [3.8, 4) is 0 Å². The van der Waals surface area contributed by atoms with Gasteiger partial charge in [-0.25, -0.2) is 4.57 Å². The van der Waals surface area contributed by atoms with Crippen molar-refractivity contribution in [2.24, 2.45) is 0 Å². The second-order valence-corrected chi connectivity index (χ2v) is 19.7. The summed E-state index contributed by atoms with van der Waals surface area (Å²) >= 11 is 0. The highest BCUT2D eigenvalue weighted by molar-refractivity contribution is 7.47. The third-order valence-electron chi connectivity index (χ3n) is 12.0. The number of phosphoric acid groups is 1. The third-order valence-corrected chi connectivity index (χ3v) is 12.9. The average molecular weight is 903 g/mol. The van der Waals surface area contributed by atoms with Gasteiger partial charge in [0.15, 0.2) is 0 Å². The molecule has 0 spiro atoms. The minimum Gasteiger partial charge on any atom is -0.457 e. The predicted octanol–water partition coefficient (Wildman–Crippen LogP) is 15.6. The summed E-state index contributed by atoms with van der Waals surface area (Å²) in [4.78, 5) is 22.7. The number of esters is 1. The molecule has 370 valence electrons. The molecule has 0 saturated carbocycles. The second-order valence-electron chi connectivity index (χ2n) is 18.3. The van der Waals surface area contributed by atoms with Crippen LogP contribution in [0.1, 0.15) is 271 Å². The number of hydrogen-bond donors (Lipinski definition) is 3. The molecule has 62 heavy (non-hydrogen) atoms. The first-order valence-electron chi connectivity index (χ1n) is 26.7. The molecule has 0 aliphatic rings. The fourth-order valence-corrected chi connectivity index (χ4v) is 8.67. The van der Waals surface area contributed by atoms with Crippen molar-refractivity contribution < 1.29 is 43.0 Å². The Bertz CT molecular complexity index is 980. The van der Waals surface area contributed by atoms with E-state index < -0.39 is 33.2 Å². The van der Waals surface area contributed by atoms with E-state index in [-0.39, 0.29) is 25.6 Å². The molecule has 0 heterocycles. The van der Waals surface area contributed by atoms with Gasteiger partial charge in [-0.1, -0.05) is 238 Å². The number of ether oxygens (including phenoxy) is 2. The Kier molecular flexibility index (Phi) is 49.0. The zero-order valence-corrected chi connectivity index (χ0v) is 41.8. The van der Waals surface area contributed by atoms with Crippen molar-refractivity contribution in [3.05, 3.63) is 12.2 Å². The predicted molar refractivity (Wildman–Crippen MR) is 261 cm³/mol. The summed E-state index contributed by atoms with van der Waals surface area (Å²) in [5, 5.41) is 18.4. The number of allylic oxidation sites excluding steroid dienone is 2. The van der Waals surface area contributed by atoms with Gasteiger partial charge in [0.1, 0.15) is 12.2 Å². The molecule has 3 atom stereocenters. The lowest BCUT2D eigenvalue weighted by Crippen LogP contribution is -2.29. The standard InChI is InChI=1S/C52H103O9P/c1-3-5-7-9-11-13-15-17-19-21-23-24-25-26-27-29-31-33-35-37-39-41-43-45-58-48-51(49-60-62(56,57)59-47-50(54)46-53)61-52(55)44-42-40-38-36-34-32-30-28-22-20-18-16-14-12-10-8-6-4-2/h20,22,50-51,53-54H,3-19,21,23-49H2,1-2H3,(H,56,57)/b22-20-. The maximum atomic E-state index is 12.7. The largest absolute Gasteiger partial charge is 0.472 e. The fourth-order valence-electron chi connectivity index (χ4n) is 7.88. The normalized spacial score (nSPS) is 13.8. The number of aliphatic hydroxyl groups is 2. The number of carbonyl (C=O) groups is 1. The van der Waals surface area contributed by atoms with Gasteiger partial charge in [-0.3, -0.25) is 13.8 Å². The molecular formula is C52H103O9P. The van der Waals surface area contributed by atoms with Crippen LogP contribution < -0.4 is 0 Å². The maximum Gasteiger partial charge on any atom is 0.472 e. The summed E-state index contributed by atoms with van der Waals surface area (Å²) in [5.74, 6) is -0.380. The number of aliphatic hydroxyl groups excluding tert-OH is 2. The van der Waals surface area contributed by atoms with E-state index in [2.05, 4.69) is 26.0 Å². The highest BCUT2D eigenvalue weighted by atomic mass is 31.2. The highest BCUT2D eigenvalue weighted by Gasteiger charge is 2.26. The van der Waals surface area contributed by atoms with Crippen LogP contribution in [-0.4, -0.2) is 66.3 Å². The molecular weight excluding hydrogens is 800 g/mol. The van der Waals surface area contributed by atoms with Gasteiger partial charge in [-0.2, -0.15) is 0 Å². The molecule has 0 amide bonds. The average Bonchev–Trinajstić information content (AvgIpc) is 3.26. The lowest BCUT2D eigenvalue weighted by atomic mass is 10.0. The molecule has 0 aromatic heterocycles. The summed E-state index contributed by atoms with van der Waals surface area (Å²) in [6, 6.07) is 0. The van der Waals surface area contributed by atoms with Gasteiger partial charge in [0.25, 0.3) is 0 Å². The molecule has 0 saturated heterocycles. The minimum absolute atomic E-state index is 0.0542. The molecule has 3 N–H and O–H groups in total. The molecule has 0 aliphatic carbocycles. The van der Waals surface area contributed by atoms with E-state index >= 15 is 0 Å². The topological polar surface area (TPSA) is 132 Å². The van der Waals surface area contributed by atoms with Crippen LogP contribution >= 0.6 is 7.82 Å². The van der Waals surface area contributed by atoms with E-state index in [0.717, 1.165) is 38.5 Å². The first-order valence-corrected chi connectivity index (χ1v) is 28.2. The Balaban J connectivity index is 4.00. The zero-order chi connectivity index (χ0) is 45.3. The molecule has 0 rings (SSSR count). The summed E-state index contributed by atoms with van der Waals surface area (Å²) in [7, 11) is -4.52. The maximum absolute atomic E-state index is 12.7. The molecule has 0 aromatic rings. The summed E-state index contributed by atoms with van der Waals surface area (Å²) in [6.07, 6.45) is 53.3. The van der Waals surface area contributed by atoms with Crippen molar-refractivity contribution in [1.29, 1.82) is 0 Å². The highest BCUT2D eigenvalue weighted by Crippen LogP contribution is 2.43. The molecule has 10 heteroatoms. The molecule has 9 nitrogen and oxygen atoms in total. The van der Waals surface area contributed by atoms with Gasteiger partial charge in [0.05, 0.1) is 26.4 Å². The lowest BCUT2D eigenvalue weighted by molar-refractivity contribution is -0.154. The number of rotatable bonds is 52. The van der Waals surface area contributed by atoms with E-state index in [1.807, 2.05) is 0 Å². The van der Waals surface area contributed by atoms with Crippen molar-refractivity contribution in [2.45, 2.75) is 283 Å². The fraction of sp³-hybridized carbons (Fsp3) is 0.942.